The van der Waals surface area contributed by atoms with Crippen LogP contribution in [-0.2, 0) is 18.2 Å². The Balaban J connectivity index is 0.00000126. The van der Waals surface area contributed by atoms with Crippen LogP contribution < -0.4 is 10.0 Å². The first kappa shape index (κ1) is 23.5. The van der Waals surface area contributed by atoms with Gasteiger partial charge < -0.3 is 4.74 Å². The van der Waals surface area contributed by atoms with Crippen molar-refractivity contribution in [2.75, 3.05) is 0 Å². The second kappa shape index (κ2) is 10.8. The first-order valence-electron chi connectivity index (χ1n) is 9.61. The van der Waals surface area contributed by atoms with E-state index in [4.69, 9.17) is 6.66 Å². The summed E-state index contributed by atoms with van der Waals surface area (Å²) in [4.78, 5) is 0. The van der Waals surface area contributed by atoms with Gasteiger partial charge in [0.05, 0.1) is 5.30 Å². The summed E-state index contributed by atoms with van der Waals surface area (Å²) in [6, 6.07) is 6.76. The maximum atomic E-state index is 12.7. The molecule has 7 heteroatoms. The number of hydrogen-bond donors (Lipinski definition) is 0. The van der Waals surface area contributed by atoms with Crippen LogP contribution in [0.4, 0.5) is 13.2 Å². The Morgan fingerprint density at radius 1 is 0.926 bits per heavy atom. The summed E-state index contributed by atoms with van der Waals surface area (Å²) in [7, 11) is 2.73. The number of ether oxygens (including phenoxy) is 1. The van der Waals surface area contributed by atoms with Crippen molar-refractivity contribution in [2.45, 2.75) is 81.9 Å². The summed E-state index contributed by atoms with van der Waals surface area (Å²) in [6.07, 6.45) is 7.54. The zero-order chi connectivity index (χ0) is 19.9. The standard InChI is InChI=1S/C20H28F3OP.ClH.Pd/c1-25(17-10-4-2-5-11-17,18-12-6-3-7-13-18)19-14-8-9-16(15-19)24-20(21,22)23;;/h8-9,14-15,17-18H,1-7,10-13H2;1H;/q;;+2/p-1. The first-order valence-corrected chi connectivity index (χ1v) is 13.7. The van der Waals surface area contributed by atoms with Crippen LogP contribution in [0.25, 0.3) is 0 Å². The molecule has 1 nitrogen and oxygen atoms in total. The molecule has 0 aromatic heterocycles. The molecule has 2 aliphatic rings. The quantitative estimate of drug-likeness (QED) is 0.232. The molecule has 3 rings (SSSR count). The predicted molar refractivity (Wildman–Crippen MR) is 105 cm³/mol. The van der Waals surface area contributed by atoms with Crippen molar-refractivity contribution >= 4 is 22.1 Å². The Morgan fingerprint density at radius 2 is 1.41 bits per heavy atom. The van der Waals surface area contributed by atoms with E-state index in [1.54, 1.807) is 12.1 Å². The van der Waals surface area contributed by atoms with Crippen molar-refractivity contribution in [2.24, 2.45) is 0 Å². The molecule has 2 fully saturated rings. The molecule has 0 spiro atoms. The van der Waals surface area contributed by atoms with Gasteiger partial charge in [-0.3, -0.25) is 0 Å². The molecule has 0 saturated heterocycles. The number of halogens is 4. The van der Waals surface area contributed by atoms with Crippen molar-refractivity contribution in [1.82, 2.24) is 0 Å². The van der Waals surface area contributed by atoms with E-state index in [1.165, 1.54) is 70.3 Å². The molecule has 27 heavy (non-hydrogen) atoms. The van der Waals surface area contributed by atoms with E-state index in [1.807, 2.05) is 6.07 Å². The van der Waals surface area contributed by atoms with E-state index >= 15 is 0 Å². The SMILES string of the molecule is [CH2-][P+](c1cccc(OC(F)(F)F)c1)(C1CCCCC1)C1CCCCC1.[Cl][Pd+]. The normalized spacial score (nSPS) is 20.0. The second-order valence-electron chi connectivity index (χ2n) is 7.56. The van der Waals surface area contributed by atoms with E-state index in [9.17, 15) is 13.2 Å². The average Bonchev–Trinajstić information content (AvgIpc) is 2.69. The van der Waals surface area contributed by atoms with Gasteiger partial charge in [0.2, 0.25) is 0 Å². The van der Waals surface area contributed by atoms with Gasteiger partial charge in [-0.1, -0.05) is 26.2 Å². The third-order valence-corrected chi connectivity index (χ3v) is 10.9. The molecule has 2 aliphatic carbocycles. The molecule has 0 aliphatic heterocycles. The van der Waals surface area contributed by atoms with E-state index in [0.717, 1.165) is 5.30 Å². The first-order chi connectivity index (χ1) is 12.9. The minimum atomic E-state index is -4.64. The molecular weight excluding hydrogens is 486 g/mol. The molecule has 0 amide bonds. The fourth-order valence-electron chi connectivity index (χ4n) is 4.74. The second-order valence-corrected chi connectivity index (χ2v) is 11.4. The van der Waals surface area contributed by atoms with Gasteiger partial charge in [0.15, 0.2) is 0 Å². The topological polar surface area (TPSA) is 9.23 Å². The van der Waals surface area contributed by atoms with Gasteiger partial charge in [0.1, 0.15) is 5.75 Å². The van der Waals surface area contributed by atoms with Crippen molar-refractivity contribution in [1.29, 1.82) is 0 Å². The van der Waals surface area contributed by atoms with Crippen LogP contribution in [0, 0.1) is 6.66 Å². The van der Waals surface area contributed by atoms with Crippen LogP contribution in [-0.4, -0.2) is 17.7 Å². The van der Waals surface area contributed by atoms with E-state index in [0.29, 0.717) is 11.3 Å². The van der Waals surface area contributed by atoms with Crippen molar-refractivity contribution in [3.8, 4) is 5.75 Å². The molecule has 0 N–H and O–H groups in total. The Morgan fingerprint density at radius 3 is 1.85 bits per heavy atom. The summed E-state index contributed by atoms with van der Waals surface area (Å²) in [6.45, 7) is 4.80. The van der Waals surface area contributed by atoms with Crippen LogP contribution >= 0.6 is 16.8 Å². The summed E-state index contributed by atoms with van der Waals surface area (Å²) in [5.41, 5.74) is 1.12. The van der Waals surface area contributed by atoms with Crippen LogP contribution in [0.1, 0.15) is 64.2 Å². The zero-order valence-electron chi connectivity index (χ0n) is 15.4. The summed E-state index contributed by atoms with van der Waals surface area (Å²) in [5, 5.41) is 1.04. The van der Waals surface area contributed by atoms with Gasteiger partial charge in [-0.2, -0.15) is 6.66 Å². The van der Waals surface area contributed by atoms with Crippen molar-refractivity contribution in [3.63, 3.8) is 0 Å². The van der Waals surface area contributed by atoms with E-state index < -0.39 is 13.6 Å². The molecule has 2 saturated carbocycles. The van der Waals surface area contributed by atoms with Gasteiger partial charge in [-0.05, 0) is 63.5 Å². The fraction of sp³-hybridized carbons (Fsp3) is 0.650. The molecule has 0 radical (unpaired) electrons. The predicted octanol–water partition coefficient (Wildman–Crippen LogP) is 7.37. The van der Waals surface area contributed by atoms with E-state index in [-0.39, 0.29) is 5.75 Å². The summed E-state index contributed by atoms with van der Waals surface area (Å²) >= 11 is 2.22. The molecule has 1 aromatic rings. The van der Waals surface area contributed by atoms with Gasteiger partial charge in [0, 0.05) is 17.4 Å². The minimum absolute atomic E-state index is 0.0929. The number of alkyl halides is 3. The molecule has 0 atom stereocenters. The van der Waals surface area contributed by atoms with E-state index in [2.05, 4.69) is 32.4 Å². The third kappa shape index (κ3) is 6.33. The molecular formula is C20H28ClF3OPPd+. The van der Waals surface area contributed by atoms with Crippen LogP contribution in [0.2, 0.25) is 0 Å². The Labute approximate surface area is 176 Å². The van der Waals surface area contributed by atoms with Crippen LogP contribution in [0.5, 0.6) is 5.75 Å². The number of hydrogen-bond acceptors (Lipinski definition) is 1. The Hall–Kier alpha value is 0.192. The maximum absolute atomic E-state index is 12.7. The van der Waals surface area contributed by atoms with Gasteiger partial charge in [-0.15, -0.1) is 13.2 Å². The van der Waals surface area contributed by atoms with Gasteiger partial charge >= 0.3 is 34.1 Å². The summed E-state index contributed by atoms with van der Waals surface area (Å²) in [5.74, 6) is -0.0929. The number of rotatable bonds is 4. The zero-order valence-corrected chi connectivity index (χ0v) is 18.6. The van der Waals surface area contributed by atoms with Gasteiger partial charge in [-0.25, -0.2) is 0 Å². The molecule has 0 unspecified atom stereocenters. The number of benzene rings is 1. The summed E-state index contributed by atoms with van der Waals surface area (Å²) < 4.78 is 42.2. The molecule has 156 valence electrons. The Kier molecular flexibility index (Phi) is 9.41. The van der Waals surface area contributed by atoms with Crippen molar-refractivity contribution in [3.05, 3.63) is 30.9 Å². The van der Waals surface area contributed by atoms with Gasteiger partial charge in [0.25, 0.3) is 0 Å². The van der Waals surface area contributed by atoms with Crippen LogP contribution in [0.3, 0.4) is 0 Å². The Bertz CT molecular complexity index is 555. The van der Waals surface area contributed by atoms with Crippen molar-refractivity contribution < 1.29 is 36.1 Å². The van der Waals surface area contributed by atoms with Crippen LogP contribution in [0.15, 0.2) is 24.3 Å². The monoisotopic (exact) mass is 513 g/mol. The fourth-order valence-corrected chi connectivity index (χ4v) is 9.49. The average molecular weight is 514 g/mol. The molecule has 1 aromatic carbocycles. The molecule has 0 heterocycles. The third-order valence-electron chi connectivity index (χ3n) is 5.98. The molecule has 0 bridgehead atoms.